The van der Waals surface area contributed by atoms with E-state index in [1.165, 1.54) is 12.8 Å². The SMILES string of the molecule is CN(CCCCCBr)C(=O)CC(C)(C)C. The standard InChI is InChI=1S/C12H24BrNO/c1-12(2,3)10-11(15)14(4)9-7-5-6-8-13/h5-10H2,1-4H3. The maximum absolute atomic E-state index is 11.7. The lowest BCUT2D eigenvalue weighted by Gasteiger charge is -2.23. The van der Waals surface area contributed by atoms with E-state index in [4.69, 9.17) is 0 Å². The summed E-state index contributed by atoms with van der Waals surface area (Å²) in [7, 11) is 1.90. The van der Waals surface area contributed by atoms with Gasteiger partial charge in [-0.05, 0) is 18.3 Å². The summed E-state index contributed by atoms with van der Waals surface area (Å²) in [4.78, 5) is 13.6. The van der Waals surface area contributed by atoms with Crippen LogP contribution in [0.25, 0.3) is 0 Å². The monoisotopic (exact) mass is 277 g/mol. The first-order valence-electron chi connectivity index (χ1n) is 5.67. The molecule has 0 heterocycles. The zero-order valence-corrected chi connectivity index (χ0v) is 12.1. The van der Waals surface area contributed by atoms with E-state index < -0.39 is 0 Å². The topological polar surface area (TPSA) is 20.3 Å². The molecule has 2 nitrogen and oxygen atoms in total. The fourth-order valence-electron chi connectivity index (χ4n) is 1.33. The van der Waals surface area contributed by atoms with Crippen molar-refractivity contribution in [3.8, 4) is 0 Å². The summed E-state index contributed by atoms with van der Waals surface area (Å²) >= 11 is 3.40. The van der Waals surface area contributed by atoms with Gasteiger partial charge < -0.3 is 4.90 Å². The highest BCUT2D eigenvalue weighted by Gasteiger charge is 2.18. The Morgan fingerprint density at radius 1 is 1.20 bits per heavy atom. The number of nitrogens with zero attached hydrogens (tertiary/aromatic N) is 1. The number of carbonyl (C=O) groups excluding carboxylic acids is 1. The summed E-state index contributed by atoms with van der Waals surface area (Å²) in [5.74, 6) is 0.265. The smallest absolute Gasteiger partial charge is 0.222 e. The number of hydrogen-bond acceptors (Lipinski definition) is 1. The van der Waals surface area contributed by atoms with Crippen LogP contribution in [0.2, 0.25) is 0 Å². The lowest BCUT2D eigenvalue weighted by molar-refractivity contribution is -0.131. The normalized spacial score (nSPS) is 11.5. The van der Waals surface area contributed by atoms with Crippen LogP contribution in [0.15, 0.2) is 0 Å². The van der Waals surface area contributed by atoms with Crippen LogP contribution >= 0.6 is 15.9 Å². The van der Waals surface area contributed by atoms with Gasteiger partial charge in [0.1, 0.15) is 0 Å². The molecule has 0 unspecified atom stereocenters. The molecular formula is C12H24BrNO. The molecule has 90 valence electrons. The molecule has 0 aromatic heterocycles. The van der Waals surface area contributed by atoms with E-state index in [0.29, 0.717) is 6.42 Å². The largest absolute Gasteiger partial charge is 0.346 e. The predicted molar refractivity (Wildman–Crippen MR) is 69.4 cm³/mol. The number of halogens is 1. The molecule has 0 aromatic carbocycles. The second-order valence-electron chi connectivity index (χ2n) is 5.30. The van der Waals surface area contributed by atoms with Gasteiger partial charge in [-0.2, -0.15) is 0 Å². The Morgan fingerprint density at radius 2 is 1.80 bits per heavy atom. The van der Waals surface area contributed by atoms with Gasteiger partial charge in [-0.1, -0.05) is 43.1 Å². The molecule has 0 spiro atoms. The van der Waals surface area contributed by atoms with Crippen LogP contribution in [0.1, 0.15) is 46.5 Å². The Labute approximate surface area is 103 Å². The van der Waals surface area contributed by atoms with Crippen molar-refractivity contribution in [1.29, 1.82) is 0 Å². The number of carbonyl (C=O) groups is 1. The van der Waals surface area contributed by atoms with Crippen molar-refractivity contribution >= 4 is 21.8 Å². The molecule has 0 aromatic rings. The van der Waals surface area contributed by atoms with Crippen molar-refractivity contribution in [3.63, 3.8) is 0 Å². The zero-order valence-electron chi connectivity index (χ0n) is 10.5. The number of alkyl halides is 1. The predicted octanol–water partition coefficient (Wildman–Crippen LogP) is 3.45. The van der Waals surface area contributed by atoms with Gasteiger partial charge in [-0.3, -0.25) is 4.79 Å². The Hall–Kier alpha value is -0.0500. The third-order valence-electron chi connectivity index (χ3n) is 2.23. The molecule has 0 atom stereocenters. The van der Waals surface area contributed by atoms with Crippen LogP contribution in [0.5, 0.6) is 0 Å². The molecule has 3 heteroatoms. The summed E-state index contributed by atoms with van der Waals surface area (Å²) in [5, 5.41) is 1.06. The first-order chi connectivity index (χ1) is 6.87. The zero-order chi connectivity index (χ0) is 11.9. The summed E-state index contributed by atoms with van der Waals surface area (Å²) in [6.07, 6.45) is 4.14. The maximum atomic E-state index is 11.7. The number of amides is 1. The van der Waals surface area contributed by atoms with E-state index in [9.17, 15) is 4.79 Å². The molecular weight excluding hydrogens is 254 g/mol. The van der Waals surface area contributed by atoms with E-state index in [1.54, 1.807) is 0 Å². The molecule has 1 amide bonds. The summed E-state index contributed by atoms with van der Waals surface area (Å²) in [6, 6.07) is 0. The van der Waals surface area contributed by atoms with Crippen LogP contribution in [0.3, 0.4) is 0 Å². The number of unbranched alkanes of at least 4 members (excludes halogenated alkanes) is 2. The van der Waals surface area contributed by atoms with Crippen LogP contribution in [0, 0.1) is 5.41 Å². The van der Waals surface area contributed by atoms with Gasteiger partial charge >= 0.3 is 0 Å². The van der Waals surface area contributed by atoms with Crippen LogP contribution in [0.4, 0.5) is 0 Å². The minimum Gasteiger partial charge on any atom is -0.346 e. The molecule has 0 saturated heterocycles. The Morgan fingerprint density at radius 3 is 2.27 bits per heavy atom. The molecule has 0 rings (SSSR count). The molecule has 0 aliphatic carbocycles. The number of rotatable bonds is 6. The number of hydrogen-bond donors (Lipinski definition) is 0. The molecule has 0 aliphatic rings. The van der Waals surface area contributed by atoms with E-state index in [2.05, 4.69) is 36.7 Å². The maximum Gasteiger partial charge on any atom is 0.222 e. The van der Waals surface area contributed by atoms with E-state index in [-0.39, 0.29) is 11.3 Å². The molecule has 0 bridgehead atoms. The van der Waals surface area contributed by atoms with Gasteiger partial charge in [0.25, 0.3) is 0 Å². The van der Waals surface area contributed by atoms with Crippen LogP contribution in [-0.4, -0.2) is 29.7 Å². The van der Waals surface area contributed by atoms with Crippen molar-refractivity contribution in [2.45, 2.75) is 46.5 Å². The van der Waals surface area contributed by atoms with Crippen molar-refractivity contribution in [2.24, 2.45) is 5.41 Å². The molecule has 0 saturated carbocycles. The molecule has 0 aliphatic heterocycles. The van der Waals surface area contributed by atoms with Gasteiger partial charge in [0.2, 0.25) is 5.91 Å². The lowest BCUT2D eigenvalue weighted by atomic mass is 9.91. The van der Waals surface area contributed by atoms with E-state index >= 15 is 0 Å². The Kier molecular flexibility index (Phi) is 7.24. The summed E-state index contributed by atoms with van der Waals surface area (Å²) < 4.78 is 0. The highest BCUT2D eigenvalue weighted by molar-refractivity contribution is 9.09. The molecule has 0 radical (unpaired) electrons. The minimum absolute atomic E-state index is 0.0984. The Balaban J connectivity index is 3.70. The van der Waals surface area contributed by atoms with Gasteiger partial charge in [0.15, 0.2) is 0 Å². The van der Waals surface area contributed by atoms with Gasteiger partial charge in [-0.15, -0.1) is 0 Å². The first kappa shape index (κ1) is 14.9. The van der Waals surface area contributed by atoms with Crippen molar-refractivity contribution in [3.05, 3.63) is 0 Å². The first-order valence-corrected chi connectivity index (χ1v) is 6.79. The van der Waals surface area contributed by atoms with Gasteiger partial charge in [0, 0.05) is 25.3 Å². The highest BCUT2D eigenvalue weighted by Crippen LogP contribution is 2.19. The lowest BCUT2D eigenvalue weighted by Crippen LogP contribution is -2.30. The van der Waals surface area contributed by atoms with E-state index in [1.807, 2.05) is 11.9 Å². The van der Waals surface area contributed by atoms with Gasteiger partial charge in [0.05, 0.1) is 0 Å². The van der Waals surface area contributed by atoms with Crippen molar-refractivity contribution in [2.75, 3.05) is 18.9 Å². The van der Waals surface area contributed by atoms with Gasteiger partial charge in [-0.25, -0.2) is 0 Å². The highest BCUT2D eigenvalue weighted by atomic mass is 79.9. The van der Waals surface area contributed by atoms with E-state index in [0.717, 1.165) is 18.3 Å². The summed E-state index contributed by atoms with van der Waals surface area (Å²) in [6.45, 7) is 7.19. The van der Waals surface area contributed by atoms with Crippen molar-refractivity contribution < 1.29 is 4.79 Å². The second kappa shape index (κ2) is 7.26. The third kappa shape index (κ3) is 8.91. The summed E-state index contributed by atoms with van der Waals surface area (Å²) in [5.41, 5.74) is 0.0984. The average Bonchev–Trinajstić information content (AvgIpc) is 2.09. The minimum atomic E-state index is 0.0984. The fourth-order valence-corrected chi connectivity index (χ4v) is 1.73. The quantitative estimate of drug-likeness (QED) is 0.538. The average molecular weight is 278 g/mol. The van der Waals surface area contributed by atoms with Crippen LogP contribution < -0.4 is 0 Å². The molecule has 15 heavy (non-hydrogen) atoms. The second-order valence-corrected chi connectivity index (χ2v) is 6.10. The Bertz CT molecular complexity index is 187. The van der Waals surface area contributed by atoms with Crippen LogP contribution in [-0.2, 0) is 4.79 Å². The third-order valence-corrected chi connectivity index (χ3v) is 2.80. The molecule has 0 N–H and O–H groups in total. The fraction of sp³-hybridized carbons (Fsp3) is 0.917. The molecule has 0 fully saturated rings. The van der Waals surface area contributed by atoms with Crippen molar-refractivity contribution in [1.82, 2.24) is 4.90 Å².